The largest absolute Gasteiger partial charge is 0.409 e. The number of rotatable bonds is 1. The number of amidine groups is 1. The van der Waals surface area contributed by atoms with Crippen LogP contribution in [-0.4, -0.2) is 11.0 Å². The van der Waals surface area contributed by atoms with E-state index in [0.717, 1.165) is 11.1 Å². The molecule has 54 valence electrons. The summed E-state index contributed by atoms with van der Waals surface area (Å²) in [4.78, 5) is 0. The smallest absolute Gasteiger partial charge is 0.171 e. The van der Waals surface area contributed by atoms with Crippen LogP contribution in [0.3, 0.4) is 0 Å². The van der Waals surface area contributed by atoms with E-state index in [1.54, 1.807) is 0 Å². The molecular formula is C6H8N2OS. The molecule has 0 aliphatic rings. The average Bonchev–Trinajstić information content (AvgIpc) is 2.34. The van der Waals surface area contributed by atoms with Gasteiger partial charge in [-0.3, -0.25) is 0 Å². The molecule has 1 heterocycles. The Labute approximate surface area is 62.8 Å². The SMILES string of the molecule is Cc1cscc1/C(N)=N/O. The lowest BCUT2D eigenvalue weighted by atomic mass is 10.2. The third kappa shape index (κ3) is 1.11. The number of hydrogen-bond donors (Lipinski definition) is 2. The van der Waals surface area contributed by atoms with Crippen molar-refractivity contribution in [1.82, 2.24) is 0 Å². The van der Waals surface area contributed by atoms with Gasteiger partial charge < -0.3 is 10.9 Å². The Bertz CT molecular complexity index is 254. The van der Waals surface area contributed by atoms with Crippen molar-refractivity contribution in [2.45, 2.75) is 6.92 Å². The highest BCUT2D eigenvalue weighted by Crippen LogP contribution is 2.12. The predicted molar refractivity (Wildman–Crippen MR) is 41.6 cm³/mol. The fraction of sp³-hybridized carbons (Fsp3) is 0.167. The van der Waals surface area contributed by atoms with Crippen LogP contribution in [-0.2, 0) is 0 Å². The first kappa shape index (κ1) is 7.08. The predicted octanol–water partition coefficient (Wildman–Crippen LogP) is 1.15. The highest BCUT2D eigenvalue weighted by molar-refractivity contribution is 7.08. The second-order valence-electron chi connectivity index (χ2n) is 1.95. The molecule has 1 rings (SSSR count). The summed E-state index contributed by atoms with van der Waals surface area (Å²) in [7, 11) is 0. The summed E-state index contributed by atoms with van der Waals surface area (Å²) >= 11 is 1.54. The molecule has 0 atom stereocenters. The minimum atomic E-state index is 0.179. The van der Waals surface area contributed by atoms with Gasteiger partial charge in [0.15, 0.2) is 5.84 Å². The zero-order valence-corrected chi connectivity index (χ0v) is 6.35. The molecule has 3 N–H and O–H groups in total. The summed E-state index contributed by atoms with van der Waals surface area (Å²) in [5.74, 6) is 0.179. The van der Waals surface area contributed by atoms with E-state index in [0.29, 0.717) is 0 Å². The Hall–Kier alpha value is -1.03. The van der Waals surface area contributed by atoms with E-state index in [4.69, 9.17) is 10.9 Å². The standard InChI is InChI=1S/C6H8N2OS/c1-4-2-10-3-5(4)6(7)8-9/h2-3,9H,1H3,(H2,7,8). The maximum absolute atomic E-state index is 8.30. The summed E-state index contributed by atoms with van der Waals surface area (Å²) < 4.78 is 0. The first-order chi connectivity index (χ1) is 4.75. The Morgan fingerprint density at radius 2 is 2.40 bits per heavy atom. The zero-order valence-electron chi connectivity index (χ0n) is 5.53. The van der Waals surface area contributed by atoms with Crippen molar-refractivity contribution < 1.29 is 5.21 Å². The number of nitrogens with two attached hydrogens (primary N) is 1. The van der Waals surface area contributed by atoms with E-state index in [1.165, 1.54) is 11.3 Å². The van der Waals surface area contributed by atoms with Crippen molar-refractivity contribution in [3.8, 4) is 0 Å². The summed E-state index contributed by atoms with van der Waals surface area (Å²) in [6, 6.07) is 0. The van der Waals surface area contributed by atoms with Crippen molar-refractivity contribution in [2.75, 3.05) is 0 Å². The van der Waals surface area contributed by atoms with Gasteiger partial charge in [0.05, 0.1) is 0 Å². The Morgan fingerprint density at radius 1 is 1.70 bits per heavy atom. The molecule has 0 bridgehead atoms. The molecule has 1 aromatic heterocycles. The van der Waals surface area contributed by atoms with Gasteiger partial charge in [0.1, 0.15) is 0 Å². The molecule has 0 saturated carbocycles. The van der Waals surface area contributed by atoms with Crippen LogP contribution < -0.4 is 5.73 Å². The molecule has 0 radical (unpaired) electrons. The van der Waals surface area contributed by atoms with Crippen LogP contribution in [0.5, 0.6) is 0 Å². The van der Waals surface area contributed by atoms with Gasteiger partial charge in [-0.1, -0.05) is 5.16 Å². The summed E-state index contributed by atoms with van der Waals surface area (Å²) in [6.45, 7) is 1.92. The number of nitrogens with zero attached hydrogens (tertiary/aromatic N) is 1. The fourth-order valence-corrected chi connectivity index (χ4v) is 1.52. The van der Waals surface area contributed by atoms with E-state index in [1.807, 2.05) is 17.7 Å². The average molecular weight is 156 g/mol. The maximum atomic E-state index is 8.30. The van der Waals surface area contributed by atoms with E-state index < -0.39 is 0 Å². The minimum Gasteiger partial charge on any atom is -0.409 e. The van der Waals surface area contributed by atoms with E-state index in [-0.39, 0.29) is 5.84 Å². The molecule has 0 saturated heterocycles. The van der Waals surface area contributed by atoms with E-state index in [2.05, 4.69) is 5.16 Å². The first-order valence-corrected chi connectivity index (χ1v) is 3.70. The van der Waals surface area contributed by atoms with Crippen molar-refractivity contribution in [1.29, 1.82) is 0 Å². The lowest BCUT2D eigenvalue weighted by Crippen LogP contribution is -2.12. The van der Waals surface area contributed by atoms with Crippen LogP contribution in [0.1, 0.15) is 11.1 Å². The summed E-state index contributed by atoms with van der Waals surface area (Å²) in [5, 5.41) is 15.0. The summed E-state index contributed by atoms with van der Waals surface area (Å²) in [6.07, 6.45) is 0. The molecule has 1 aromatic rings. The quantitative estimate of drug-likeness (QED) is 0.277. The topological polar surface area (TPSA) is 58.6 Å². The monoisotopic (exact) mass is 156 g/mol. The van der Waals surface area contributed by atoms with Crippen molar-refractivity contribution >= 4 is 17.2 Å². The third-order valence-electron chi connectivity index (χ3n) is 1.24. The number of hydrogen-bond acceptors (Lipinski definition) is 3. The number of aryl methyl sites for hydroxylation is 1. The molecule has 0 amide bonds. The molecule has 4 heteroatoms. The number of oxime groups is 1. The second kappa shape index (κ2) is 2.70. The van der Waals surface area contributed by atoms with Crippen molar-refractivity contribution in [3.05, 3.63) is 21.9 Å². The number of thiophene rings is 1. The van der Waals surface area contributed by atoms with E-state index in [9.17, 15) is 0 Å². The van der Waals surface area contributed by atoms with Gasteiger partial charge >= 0.3 is 0 Å². The van der Waals surface area contributed by atoms with Gasteiger partial charge in [-0.15, -0.1) is 0 Å². The minimum absolute atomic E-state index is 0.179. The van der Waals surface area contributed by atoms with Gasteiger partial charge in [0.25, 0.3) is 0 Å². The van der Waals surface area contributed by atoms with E-state index >= 15 is 0 Å². The molecule has 0 aromatic carbocycles. The lowest BCUT2D eigenvalue weighted by Gasteiger charge is -1.93. The molecule has 0 aliphatic carbocycles. The Morgan fingerprint density at radius 3 is 2.80 bits per heavy atom. The van der Waals surface area contributed by atoms with Crippen LogP contribution in [0.25, 0.3) is 0 Å². The van der Waals surface area contributed by atoms with Gasteiger partial charge in [-0.25, -0.2) is 0 Å². The molecule has 3 nitrogen and oxygen atoms in total. The van der Waals surface area contributed by atoms with Crippen LogP contribution in [0.2, 0.25) is 0 Å². The molecule has 0 fully saturated rings. The molecule has 10 heavy (non-hydrogen) atoms. The molecular weight excluding hydrogens is 148 g/mol. The van der Waals surface area contributed by atoms with Crippen molar-refractivity contribution in [3.63, 3.8) is 0 Å². The highest BCUT2D eigenvalue weighted by atomic mass is 32.1. The van der Waals surface area contributed by atoms with Crippen LogP contribution in [0, 0.1) is 6.92 Å². The molecule has 0 spiro atoms. The van der Waals surface area contributed by atoms with Gasteiger partial charge in [-0.2, -0.15) is 11.3 Å². The third-order valence-corrected chi connectivity index (χ3v) is 2.10. The lowest BCUT2D eigenvalue weighted by molar-refractivity contribution is 0.318. The van der Waals surface area contributed by atoms with Gasteiger partial charge in [0, 0.05) is 10.9 Å². The fourth-order valence-electron chi connectivity index (χ4n) is 0.677. The van der Waals surface area contributed by atoms with Crippen LogP contribution >= 0.6 is 11.3 Å². The van der Waals surface area contributed by atoms with Crippen LogP contribution in [0.4, 0.5) is 0 Å². The maximum Gasteiger partial charge on any atom is 0.171 e. The van der Waals surface area contributed by atoms with Crippen LogP contribution in [0.15, 0.2) is 15.9 Å². The Kier molecular flexibility index (Phi) is 1.91. The van der Waals surface area contributed by atoms with Gasteiger partial charge in [-0.05, 0) is 17.9 Å². The normalized spacial score (nSPS) is 11.9. The second-order valence-corrected chi connectivity index (χ2v) is 2.70. The zero-order chi connectivity index (χ0) is 7.56. The summed E-state index contributed by atoms with van der Waals surface area (Å²) in [5.41, 5.74) is 7.20. The van der Waals surface area contributed by atoms with Crippen molar-refractivity contribution in [2.24, 2.45) is 10.9 Å². The highest BCUT2D eigenvalue weighted by Gasteiger charge is 2.02. The van der Waals surface area contributed by atoms with Gasteiger partial charge in [0.2, 0.25) is 0 Å². The molecule has 0 aliphatic heterocycles. The Balaban J connectivity index is 3.05. The first-order valence-electron chi connectivity index (χ1n) is 2.76. The molecule has 0 unspecified atom stereocenters.